The van der Waals surface area contributed by atoms with Gasteiger partial charge >= 0.3 is 5.97 Å². The van der Waals surface area contributed by atoms with Gasteiger partial charge in [0.15, 0.2) is 0 Å². The zero-order valence-corrected chi connectivity index (χ0v) is 11.2. The van der Waals surface area contributed by atoms with Gasteiger partial charge in [0.05, 0.1) is 5.69 Å². The van der Waals surface area contributed by atoms with Crippen molar-refractivity contribution in [1.82, 2.24) is 14.5 Å². The quantitative estimate of drug-likeness (QED) is 0.775. The molecule has 0 spiro atoms. The normalized spacial score (nSPS) is 10.9. The van der Waals surface area contributed by atoms with Crippen LogP contribution < -0.4 is 0 Å². The van der Waals surface area contributed by atoms with Crippen LogP contribution in [0, 0.1) is 6.92 Å². The molecule has 0 aliphatic heterocycles. The molecule has 3 aromatic rings. The number of aromatic nitrogens is 3. The van der Waals surface area contributed by atoms with Gasteiger partial charge in [-0.05, 0) is 13.0 Å². The summed E-state index contributed by atoms with van der Waals surface area (Å²) in [6.45, 7) is 1.75. The minimum atomic E-state index is -1.02. The van der Waals surface area contributed by atoms with E-state index in [0.29, 0.717) is 11.5 Å². The molecule has 100 valence electrons. The lowest BCUT2D eigenvalue weighted by Gasteiger charge is -2.04. The highest BCUT2D eigenvalue weighted by Gasteiger charge is 2.18. The van der Waals surface area contributed by atoms with Gasteiger partial charge in [-0.25, -0.2) is 14.8 Å². The van der Waals surface area contributed by atoms with Gasteiger partial charge in [-0.2, -0.15) is 0 Å². The maximum absolute atomic E-state index is 11.4. The number of nitrogens with zero attached hydrogens (tertiary/aromatic N) is 3. The Labute approximate surface area is 115 Å². The van der Waals surface area contributed by atoms with Gasteiger partial charge in [-0.15, -0.1) is 0 Å². The highest BCUT2D eigenvalue weighted by molar-refractivity contribution is 6.02. The average Bonchev–Trinajstić information content (AvgIpc) is 2.76. The molecule has 5 nitrogen and oxygen atoms in total. The van der Waals surface area contributed by atoms with E-state index in [1.807, 2.05) is 42.1 Å². The fraction of sp³-hybridized carbons (Fsp3) is 0.133. The zero-order chi connectivity index (χ0) is 14.3. The highest BCUT2D eigenvalue weighted by atomic mass is 16.4. The second-order valence-electron chi connectivity index (χ2n) is 4.66. The van der Waals surface area contributed by atoms with E-state index in [-0.39, 0.29) is 5.56 Å². The van der Waals surface area contributed by atoms with Crippen molar-refractivity contribution < 1.29 is 9.90 Å². The van der Waals surface area contributed by atoms with Crippen molar-refractivity contribution in [3.05, 3.63) is 48.0 Å². The first-order valence-electron chi connectivity index (χ1n) is 6.19. The molecule has 0 saturated carbocycles. The lowest BCUT2D eigenvalue weighted by atomic mass is 10.1. The summed E-state index contributed by atoms with van der Waals surface area (Å²) in [6.07, 6.45) is 3.26. The van der Waals surface area contributed by atoms with E-state index >= 15 is 0 Å². The minimum absolute atomic E-state index is 0.118. The molecular weight excluding hydrogens is 254 g/mol. The number of carboxylic acid groups (broad SMARTS) is 1. The molecule has 20 heavy (non-hydrogen) atoms. The van der Waals surface area contributed by atoms with E-state index in [1.165, 1.54) is 6.20 Å². The van der Waals surface area contributed by atoms with Crippen LogP contribution in [0.4, 0.5) is 0 Å². The number of benzene rings is 1. The molecule has 2 heterocycles. The van der Waals surface area contributed by atoms with Crippen LogP contribution in [-0.2, 0) is 7.05 Å². The Bertz CT molecular complexity index is 821. The van der Waals surface area contributed by atoms with Crippen molar-refractivity contribution in [1.29, 1.82) is 0 Å². The topological polar surface area (TPSA) is 68.0 Å². The number of para-hydroxylation sites is 1. The minimum Gasteiger partial charge on any atom is -0.478 e. The Hall–Kier alpha value is -2.69. The smallest absolute Gasteiger partial charge is 0.339 e. The number of carboxylic acids is 1. The Kier molecular flexibility index (Phi) is 2.75. The first kappa shape index (κ1) is 12.3. The van der Waals surface area contributed by atoms with Crippen molar-refractivity contribution in [2.24, 2.45) is 7.05 Å². The summed E-state index contributed by atoms with van der Waals surface area (Å²) in [5, 5.41) is 10.3. The summed E-state index contributed by atoms with van der Waals surface area (Å²) in [5.41, 5.74) is 2.43. The zero-order valence-electron chi connectivity index (χ0n) is 11.2. The van der Waals surface area contributed by atoms with Crippen LogP contribution in [0.15, 0.2) is 36.7 Å². The molecule has 0 radical (unpaired) electrons. The predicted molar refractivity (Wildman–Crippen MR) is 75.6 cm³/mol. The fourth-order valence-corrected chi connectivity index (χ4v) is 2.36. The number of fused-ring (bicyclic) bond motifs is 1. The molecule has 0 bridgehead atoms. The van der Waals surface area contributed by atoms with Crippen LogP contribution in [0.5, 0.6) is 0 Å². The summed E-state index contributed by atoms with van der Waals surface area (Å²) >= 11 is 0. The monoisotopic (exact) mass is 267 g/mol. The van der Waals surface area contributed by atoms with Crippen LogP contribution >= 0.6 is 0 Å². The highest BCUT2D eigenvalue weighted by Crippen LogP contribution is 2.30. The molecule has 3 rings (SSSR count). The van der Waals surface area contributed by atoms with E-state index in [1.54, 1.807) is 6.92 Å². The predicted octanol–water partition coefficient (Wildman–Crippen LogP) is 2.64. The van der Waals surface area contributed by atoms with E-state index in [9.17, 15) is 9.90 Å². The molecule has 0 saturated heterocycles. The first-order valence-corrected chi connectivity index (χ1v) is 6.19. The summed E-state index contributed by atoms with van der Waals surface area (Å²) < 4.78 is 1.97. The standard InChI is InChI=1S/C15H13N3O2/c1-9-16-7-11(15(19)20)14(17-9)12-8-18(2)13-6-4-3-5-10(12)13/h3-8H,1-2H3,(H,19,20). The number of aryl methyl sites for hydroxylation is 2. The molecule has 0 atom stereocenters. The fourth-order valence-electron chi connectivity index (χ4n) is 2.36. The maximum atomic E-state index is 11.4. The molecule has 1 aromatic carbocycles. The number of aromatic carboxylic acids is 1. The third-order valence-corrected chi connectivity index (χ3v) is 3.29. The summed E-state index contributed by atoms with van der Waals surface area (Å²) in [4.78, 5) is 19.7. The van der Waals surface area contributed by atoms with E-state index in [0.717, 1.165) is 16.5 Å². The maximum Gasteiger partial charge on any atom is 0.339 e. The van der Waals surface area contributed by atoms with Crippen LogP contribution in [-0.4, -0.2) is 25.6 Å². The Morgan fingerprint density at radius 2 is 2.05 bits per heavy atom. The number of rotatable bonds is 2. The molecule has 0 aliphatic rings. The molecule has 0 amide bonds. The second-order valence-corrected chi connectivity index (χ2v) is 4.66. The van der Waals surface area contributed by atoms with E-state index in [2.05, 4.69) is 9.97 Å². The number of hydrogen-bond donors (Lipinski definition) is 1. The Morgan fingerprint density at radius 3 is 2.80 bits per heavy atom. The van der Waals surface area contributed by atoms with Crippen LogP contribution in [0.25, 0.3) is 22.2 Å². The average molecular weight is 267 g/mol. The SMILES string of the molecule is Cc1ncc(C(=O)O)c(-c2cn(C)c3ccccc23)n1. The lowest BCUT2D eigenvalue weighted by Crippen LogP contribution is -2.04. The van der Waals surface area contributed by atoms with E-state index < -0.39 is 5.97 Å². The van der Waals surface area contributed by atoms with Gasteiger partial charge in [0.25, 0.3) is 0 Å². The van der Waals surface area contributed by atoms with Crippen molar-refractivity contribution in [2.45, 2.75) is 6.92 Å². The Morgan fingerprint density at radius 1 is 1.30 bits per heavy atom. The molecule has 1 N–H and O–H groups in total. The summed E-state index contributed by atoms with van der Waals surface area (Å²) in [5.74, 6) is -0.467. The van der Waals surface area contributed by atoms with Gasteiger partial charge in [-0.3, -0.25) is 0 Å². The first-order chi connectivity index (χ1) is 9.58. The van der Waals surface area contributed by atoms with Gasteiger partial charge in [0.2, 0.25) is 0 Å². The third kappa shape index (κ3) is 1.84. The van der Waals surface area contributed by atoms with Crippen molar-refractivity contribution in [3.8, 4) is 11.3 Å². The second kappa shape index (κ2) is 4.45. The van der Waals surface area contributed by atoms with Gasteiger partial charge in [0, 0.05) is 35.9 Å². The number of hydrogen-bond acceptors (Lipinski definition) is 3. The van der Waals surface area contributed by atoms with Gasteiger partial charge in [0.1, 0.15) is 11.4 Å². The van der Waals surface area contributed by atoms with Crippen LogP contribution in [0.2, 0.25) is 0 Å². The van der Waals surface area contributed by atoms with Gasteiger partial charge in [-0.1, -0.05) is 18.2 Å². The Balaban J connectivity index is 2.36. The molecule has 5 heteroatoms. The van der Waals surface area contributed by atoms with Gasteiger partial charge < -0.3 is 9.67 Å². The van der Waals surface area contributed by atoms with Crippen molar-refractivity contribution >= 4 is 16.9 Å². The van der Waals surface area contributed by atoms with E-state index in [4.69, 9.17) is 0 Å². The van der Waals surface area contributed by atoms with Crippen LogP contribution in [0.3, 0.4) is 0 Å². The molecular formula is C15H13N3O2. The molecule has 0 fully saturated rings. The van der Waals surface area contributed by atoms with Crippen molar-refractivity contribution in [3.63, 3.8) is 0 Å². The molecule has 2 aromatic heterocycles. The lowest BCUT2D eigenvalue weighted by molar-refractivity contribution is 0.0697. The summed E-state index contributed by atoms with van der Waals surface area (Å²) in [7, 11) is 1.93. The number of carbonyl (C=O) groups is 1. The van der Waals surface area contributed by atoms with Crippen LogP contribution in [0.1, 0.15) is 16.2 Å². The molecule has 0 unspecified atom stereocenters. The molecule has 0 aliphatic carbocycles. The summed E-state index contributed by atoms with van der Waals surface area (Å²) in [6, 6.07) is 7.84. The largest absolute Gasteiger partial charge is 0.478 e. The van der Waals surface area contributed by atoms with Crippen molar-refractivity contribution in [2.75, 3.05) is 0 Å². The third-order valence-electron chi connectivity index (χ3n) is 3.29.